The number of aryl methyl sites for hydroxylation is 1. The fraction of sp³-hybridized carbons (Fsp3) is 0.500. The third-order valence-electron chi connectivity index (χ3n) is 3.43. The predicted molar refractivity (Wildman–Crippen MR) is 61.8 cm³/mol. The lowest BCUT2D eigenvalue weighted by Gasteiger charge is -2.24. The van der Waals surface area contributed by atoms with E-state index in [-0.39, 0.29) is 0 Å². The van der Waals surface area contributed by atoms with Crippen molar-refractivity contribution in [2.45, 2.75) is 38.0 Å². The molecule has 1 fully saturated rings. The minimum Gasteiger partial charge on any atom is -0.481 e. The molecular weight excluding hydrogens is 226 g/mol. The second-order valence-electron chi connectivity index (χ2n) is 4.43. The van der Waals surface area contributed by atoms with Crippen LogP contribution in [0.5, 0.6) is 0 Å². The first kappa shape index (κ1) is 11.4. The molecule has 1 aliphatic carbocycles. The molecule has 0 radical (unpaired) electrons. The maximum atomic E-state index is 11.5. The van der Waals surface area contributed by atoms with Crippen molar-refractivity contribution >= 4 is 17.6 Å². The van der Waals surface area contributed by atoms with Gasteiger partial charge in [0, 0.05) is 6.20 Å². The summed E-state index contributed by atoms with van der Waals surface area (Å²) in [5, 5.41) is 9.86. The highest BCUT2D eigenvalue weighted by atomic mass is 35.5. The zero-order chi connectivity index (χ0) is 11.8. The van der Waals surface area contributed by atoms with E-state index in [1.165, 1.54) is 0 Å². The highest BCUT2D eigenvalue weighted by molar-refractivity contribution is 6.30. The van der Waals surface area contributed by atoms with Crippen LogP contribution in [0.3, 0.4) is 0 Å². The van der Waals surface area contributed by atoms with Crippen molar-refractivity contribution in [1.82, 2.24) is 4.98 Å². The summed E-state index contributed by atoms with van der Waals surface area (Å²) in [6.07, 6.45) is 4.94. The fourth-order valence-electron chi connectivity index (χ4n) is 2.42. The number of nitrogens with zero attached hydrogens (tertiary/aromatic N) is 1. The van der Waals surface area contributed by atoms with Crippen molar-refractivity contribution in [1.29, 1.82) is 0 Å². The first-order valence-corrected chi connectivity index (χ1v) is 5.80. The van der Waals surface area contributed by atoms with Gasteiger partial charge in [-0.2, -0.15) is 0 Å². The van der Waals surface area contributed by atoms with Crippen LogP contribution in [-0.2, 0) is 10.2 Å². The van der Waals surface area contributed by atoms with Crippen LogP contribution in [0.2, 0.25) is 5.15 Å². The lowest BCUT2D eigenvalue weighted by Crippen LogP contribution is -2.32. The average molecular weight is 240 g/mol. The Bertz CT molecular complexity index is 425. The van der Waals surface area contributed by atoms with Gasteiger partial charge in [0.1, 0.15) is 5.15 Å². The molecule has 1 saturated carbocycles. The van der Waals surface area contributed by atoms with Gasteiger partial charge in [-0.25, -0.2) is 4.98 Å². The summed E-state index contributed by atoms with van der Waals surface area (Å²) in [5.74, 6) is -0.742. The molecule has 1 aliphatic rings. The molecule has 0 aliphatic heterocycles. The normalized spacial score (nSPS) is 18.6. The fourth-order valence-corrected chi connectivity index (χ4v) is 2.53. The molecule has 2 rings (SSSR count). The molecule has 0 bridgehead atoms. The number of carbonyl (C=O) groups is 1. The van der Waals surface area contributed by atoms with Crippen molar-refractivity contribution < 1.29 is 9.90 Å². The molecule has 0 spiro atoms. The third kappa shape index (κ3) is 1.69. The lowest BCUT2D eigenvalue weighted by atomic mass is 9.79. The van der Waals surface area contributed by atoms with E-state index < -0.39 is 11.4 Å². The maximum absolute atomic E-state index is 11.5. The van der Waals surface area contributed by atoms with Crippen molar-refractivity contribution in [2.24, 2.45) is 0 Å². The van der Waals surface area contributed by atoms with Gasteiger partial charge in [0.05, 0.1) is 5.41 Å². The Balaban J connectivity index is 2.47. The Kier molecular flexibility index (Phi) is 2.89. The summed E-state index contributed by atoms with van der Waals surface area (Å²) in [6, 6.07) is 1.86. The van der Waals surface area contributed by atoms with E-state index in [0.29, 0.717) is 18.0 Å². The summed E-state index contributed by atoms with van der Waals surface area (Å²) >= 11 is 5.85. The maximum Gasteiger partial charge on any atom is 0.314 e. The first-order chi connectivity index (χ1) is 7.56. The van der Waals surface area contributed by atoms with Gasteiger partial charge in [0.2, 0.25) is 0 Å². The molecule has 1 aromatic rings. The van der Waals surface area contributed by atoms with Gasteiger partial charge in [-0.15, -0.1) is 0 Å². The van der Waals surface area contributed by atoms with Crippen LogP contribution in [0.1, 0.15) is 36.8 Å². The van der Waals surface area contributed by atoms with Crippen LogP contribution >= 0.6 is 11.6 Å². The van der Waals surface area contributed by atoms with E-state index in [4.69, 9.17) is 11.6 Å². The van der Waals surface area contributed by atoms with E-state index in [2.05, 4.69) is 4.98 Å². The quantitative estimate of drug-likeness (QED) is 0.808. The summed E-state index contributed by atoms with van der Waals surface area (Å²) in [5.41, 5.74) is 0.897. The van der Waals surface area contributed by atoms with Gasteiger partial charge in [-0.05, 0) is 30.9 Å². The minimum atomic E-state index is -0.742. The number of halogens is 1. The van der Waals surface area contributed by atoms with E-state index in [1.807, 2.05) is 13.0 Å². The minimum absolute atomic E-state index is 0.447. The summed E-state index contributed by atoms with van der Waals surface area (Å²) in [6.45, 7) is 1.85. The number of aromatic nitrogens is 1. The monoisotopic (exact) mass is 239 g/mol. The molecule has 1 N–H and O–H groups in total. The van der Waals surface area contributed by atoms with Gasteiger partial charge >= 0.3 is 5.97 Å². The lowest BCUT2D eigenvalue weighted by molar-refractivity contribution is -0.143. The predicted octanol–water partition coefficient (Wildman–Crippen LogP) is 2.94. The molecule has 1 aromatic heterocycles. The second-order valence-corrected chi connectivity index (χ2v) is 4.78. The Hall–Kier alpha value is -1.09. The van der Waals surface area contributed by atoms with Gasteiger partial charge in [0.25, 0.3) is 0 Å². The van der Waals surface area contributed by atoms with E-state index >= 15 is 0 Å². The van der Waals surface area contributed by atoms with Crippen LogP contribution in [0.25, 0.3) is 0 Å². The van der Waals surface area contributed by atoms with Gasteiger partial charge in [-0.1, -0.05) is 30.5 Å². The zero-order valence-corrected chi connectivity index (χ0v) is 9.92. The van der Waals surface area contributed by atoms with Gasteiger partial charge in [0.15, 0.2) is 0 Å². The average Bonchev–Trinajstić information content (AvgIpc) is 2.72. The molecule has 4 heteroatoms. The Morgan fingerprint density at radius 2 is 2.12 bits per heavy atom. The number of rotatable bonds is 2. The largest absolute Gasteiger partial charge is 0.481 e. The standard InChI is InChI=1S/C12H14ClNO2/c1-8-6-9(7-14-10(8)13)12(11(15)16)4-2-3-5-12/h6-7H,2-5H2,1H3,(H,15,16). The van der Waals surface area contributed by atoms with Crippen molar-refractivity contribution in [3.8, 4) is 0 Å². The number of pyridine rings is 1. The SMILES string of the molecule is Cc1cc(C2(C(=O)O)CCCC2)cnc1Cl. The molecule has 0 atom stereocenters. The number of hydrogen-bond donors (Lipinski definition) is 1. The Labute approximate surface area is 99.5 Å². The number of carboxylic acids is 1. The van der Waals surface area contributed by atoms with E-state index in [9.17, 15) is 9.90 Å². The molecule has 1 heterocycles. The summed E-state index contributed by atoms with van der Waals surface area (Å²) in [7, 11) is 0. The Morgan fingerprint density at radius 1 is 1.50 bits per heavy atom. The molecule has 0 amide bonds. The van der Waals surface area contributed by atoms with Gasteiger partial charge < -0.3 is 5.11 Å². The number of hydrogen-bond acceptors (Lipinski definition) is 2. The van der Waals surface area contributed by atoms with Crippen molar-refractivity contribution in [3.63, 3.8) is 0 Å². The second kappa shape index (κ2) is 4.06. The smallest absolute Gasteiger partial charge is 0.314 e. The molecule has 3 nitrogen and oxygen atoms in total. The molecule has 16 heavy (non-hydrogen) atoms. The van der Waals surface area contributed by atoms with Crippen LogP contribution in [-0.4, -0.2) is 16.1 Å². The van der Waals surface area contributed by atoms with Crippen LogP contribution in [0, 0.1) is 6.92 Å². The zero-order valence-electron chi connectivity index (χ0n) is 9.16. The molecular formula is C12H14ClNO2. The third-order valence-corrected chi connectivity index (χ3v) is 3.83. The van der Waals surface area contributed by atoms with Gasteiger partial charge in [-0.3, -0.25) is 4.79 Å². The summed E-state index contributed by atoms with van der Waals surface area (Å²) < 4.78 is 0. The first-order valence-electron chi connectivity index (χ1n) is 5.42. The molecule has 0 aromatic carbocycles. The highest BCUT2D eigenvalue weighted by Gasteiger charge is 2.43. The number of carboxylic acid groups (broad SMARTS) is 1. The van der Waals surface area contributed by atoms with E-state index in [1.54, 1.807) is 6.20 Å². The molecule has 0 unspecified atom stereocenters. The molecule has 0 saturated heterocycles. The molecule has 86 valence electrons. The van der Waals surface area contributed by atoms with Crippen LogP contribution in [0.4, 0.5) is 0 Å². The van der Waals surface area contributed by atoms with Crippen LogP contribution in [0.15, 0.2) is 12.3 Å². The van der Waals surface area contributed by atoms with Crippen molar-refractivity contribution in [2.75, 3.05) is 0 Å². The highest BCUT2D eigenvalue weighted by Crippen LogP contribution is 2.41. The van der Waals surface area contributed by atoms with E-state index in [0.717, 1.165) is 24.0 Å². The number of aliphatic carboxylic acids is 1. The van der Waals surface area contributed by atoms with Crippen LogP contribution < -0.4 is 0 Å². The van der Waals surface area contributed by atoms with Crippen molar-refractivity contribution in [3.05, 3.63) is 28.5 Å². The Morgan fingerprint density at radius 3 is 2.62 bits per heavy atom. The summed E-state index contributed by atoms with van der Waals surface area (Å²) in [4.78, 5) is 15.5. The topological polar surface area (TPSA) is 50.2 Å².